The zero-order valence-corrected chi connectivity index (χ0v) is 17.7. The van der Waals surface area contributed by atoms with Crippen molar-refractivity contribution in [2.75, 3.05) is 11.1 Å². The van der Waals surface area contributed by atoms with E-state index >= 15 is 0 Å². The quantitative estimate of drug-likeness (QED) is 0.236. The number of non-ortho nitro benzene ring substituents is 1. The van der Waals surface area contributed by atoms with Crippen molar-refractivity contribution in [2.45, 2.75) is 0 Å². The summed E-state index contributed by atoms with van der Waals surface area (Å²) in [6.07, 6.45) is 1.58. The topological polar surface area (TPSA) is 120 Å². The van der Waals surface area contributed by atoms with Crippen LogP contribution in [-0.2, 0) is 0 Å². The predicted molar refractivity (Wildman–Crippen MR) is 123 cm³/mol. The van der Waals surface area contributed by atoms with Crippen LogP contribution in [-0.4, -0.2) is 21.0 Å². The van der Waals surface area contributed by atoms with Crippen molar-refractivity contribution in [2.24, 2.45) is 0 Å². The summed E-state index contributed by atoms with van der Waals surface area (Å²) in [5.74, 6) is -1.15. The number of nitro benzene ring substituents is 1. The molecule has 0 saturated heterocycles. The van der Waals surface area contributed by atoms with Gasteiger partial charge in [0.05, 0.1) is 37.4 Å². The van der Waals surface area contributed by atoms with Crippen molar-refractivity contribution >= 4 is 57.5 Å². The molecule has 32 heavy (non-hydrogen) atoms. The molecular weight excluding hydrogens is 455 g/mol. The fraction of sp³-hybridized carbons (Fsp3) is 0. The van der Waals surface area contributed by atoms with E-state index in [9.17, 15) is 19.7 Å². The van der Waals surface area contributed by atoms with Crippen LogP contribution in [0.5, 0.6) is 0 Å². The molecule has 0 aliphatic heterocycles. The van der Waals surface area contributed by atoms with E-state index in [1.165, 1.54) is 22.6 Å². The first kappa shape index (κ1) is 21.4. The van der Waals surface area contributed by atoms with E-state index < -0.39 is 16.6 Å². The Morgan fingerprint density at radius 3 is 2.53 bits per heavy atom. The summed E-state index contributed by atoms with van der Waals surface area (Å²) in [6.45, 7) is 0. The molecule has 4 aromatic rings. The molecule has 0 aliphatic carbocycles. The Hall–Kier alpha value is -3.88. The Bertz CT molecular complexity index is 1410. The summed E-state index contributed by atoms with van der Waals surface area (Å²) < 4.78 is 1.48. The molecule has 8 nitrogen and oxygen atoms in total. The molecule has 3 N–H and O–H groups in total. The van der Waals surface area contributed by atoms with E-state index in [4.69, 9.17) is 28.9 Å². The maximum absolute atomic E-state index is 13.3. The second-order valence-electron chi connectivity index (χ2n) is 6.79. The number of ketones is 1. The number of aromatic nitrogens is 1. The number of nitrogens with zero attached hydrogens (tertiary/aromatic N) is 2. The van der Waals surface area contributed by atoms with Crippen LogP contribution in [0.3, 0.4) is 0 Å². The highest BCUT2D eigenvalue weighted by atomic mass is 35.5. The van der Waals surface area contributed by atoms with Crippen LogP contribution in [0.4, 0.5) is 17.1 Å². The lowest BCUT2D eigenvalue weighted by atomic mass is 10.1. The zero-order chi connectivity index (χ0) is 23.0. The molecule has 0 fully saturated rings. The van der Waals surface area contributed by atoms with E-state index in [0.717, 1.165) is 6.07 Å². The molecule has 2 aromatic heterocycles. The number of nitrogen functional groups attached to an aromatic ring is 1. The molecular formula is C22H14Cl2N4O4. The number of pyridine rings is 1. The van der Waals surface area contributed by atoms with Crippen LogP contribution in [0.15, 0.2) is 66.9 Å². The van der Waals surface area contributed by atoms with Crippen molar-refractivity contribution in [3.05, 3.63) is 104 Å². The molecule has 2 heterocycles. The van der Waals surface area contributed by atoms with E-state index in [2.05, 4.69) is 5.32 Å². The van der Waals surface area contributed by atoms with Crippen LogP contribution in [0.2, 0.25) is 10.0 Å². The maximum atomic E-state index is 13.3. The number of amides is 1. The molecule has 0 unspecified atom stereocenters. The molecule has 0 saturated carbocycles. The number of anilines is 2. The molecule has 10 heteroatoms. The summed E-state index contributed by atoms with van der Waals surface area (Å²) in [7, 11) is 0. The van der Waals surface area contributed by atoms with Crippen molar-refractivity contribution in [3.63, 3.8) is 0 Å². The summed E-state index contributed by atoms with van der Waals surface area (Å²) in [4.78, 5) is 36.9. The van der Waals surface area contributed by atoms with Gasteiger partial charge in [0, 0.05) is 23.9 Å². The van der Waals surface area contributed by atoms with Crippen molar-refractivity contribution in [3.8, 4) is 0 Å². The lowest BCUT2D eigenvalue weighted by molar-refractivity contribution is -0.384. The molecule has 0 radical (unpaired) electrons. The Balaban J connectivity index is 1.83. The highest BCUT2D eigenvalue weighted by Gasteiger charge is 2.27. The fourth-order valence-electron chi connectivity index (χ4n) is 3.38. The monoisotopic (exact) mass is 468 g/mol. The van der Waals surface area contributed by atoms with Crippen LogP contribution in [0.25, 0.3) is 5.52 Å². The van der Waals surface area contributed by atoms with Gasteiger partial charge in [0.25, 0.3) is 11.6 Å². The van der Waals surface area contributed by atoms with Crippen molar-refractivity contribution in [1.82, 2.24) is 4.40 Å². The van der Waals surface area contributed by atoms with E-state index in [0.29, 0.717) is 5.52 Å². The smallest absolute Gasteiger partial charge is 0.270 e. The van der Waals surface area contributed by atoms with Gasteiger partial charge >= 0.3 is 0 Å². The number of carbonyl (C=O) groups excluding carboxylic acids is 2. The summed E-state index contributed by atoms with van der Waals surface area (Å²) in [5.41, 5.74) is 6.80. The number of carbonyl (C=O) groups is 2. The number of hydrogen-bond donors (Lipinski definition) is 2. The molecule has 2 aromatic carbocycles. The molecule has 0 bridgehead atoms. The third kappa shape index (κ3) is 3.66. The highest BCUT2D eigenvalue weighted by Crippen LogP contribution is 2.33. The van der Waals surface area contributed by atoms with Crippen LogP contribution < -0.4 is 11.1 Å². The minimum atomic E-state index is -0.593. The standard InChI is InChI=1S/C22H14Cl2N4O4/c23-14-7-4-8-15(18(14)24)26-22(30)17-16-9-1-2-10-27(16)20(19(17)25)21(29)12-5-3-6-13(11-12)28(31)32/h1-11H,25H2,(H,26,30). The fourth-order valence-corrected chi connectivity index (χ4v) is 3.73. The molecule has 1 amide bonds. The molecule has 0 spiro atoms. The highest BCUT2D eigenvalue weighted by molar-refractivity contribution is 6.44. The summed E-state index contributed by atoms with van der Waals surface area (Å²) in [5, 5.41) is 14.2. The Morgan fingerprint density at radius 2 is 1.78 bits per heavy atom. The van der Waals surface area contributed by atoms with Gasteiger partial charge in [-0.3, -0.25) is 19.7 Å². The van der Waals surface area contributed by atoms with Crippen LogP contribution in [0, 0.1) is 10.1 Å². The van der Waals surface area contributed by atoms with Gasteiger partial charge in [-0.05, 0) is 24.3 Å². The second kappa shape index (κ2) is 8.33. The average molecular weight is 469 g/mol. The zero-order valence-electron chi connectivity index (χ0n) is 16.2. The van der Waals surface area contributed by atoms with Gasteiger partial charge in [-0.1, -0.05) is 47.5 Å². The molecule has 4 rings (SSSR count). The predicted octanol–water partition coefficient (Wildman–Crippen LogP) is 5.22. The number of nitrogens with one attached hydrogen (secondary N) is 1. The van der Waals surface area contributed by atoms with Gasteiger partial charge in [0.15, 0.2) is 0 Å². The minimum absolute atomic E-state index is 0.0171. The van der Waals surface area contributed by atoms with Gasteiger partial charge in [0.1, 0.15) is 5.69 Å². The van der Waals surface area contributed by atoms with Gasteiger partial charge in [-0.15, -0.1) is 0 Å². The number of fused-ring (bicyclic) bond motifs is 1. The van der Waals surface area contributed by atoms with Gasteiger partial charge < -0.3 is 15.5 Å². The van der Waals surface area contributed by atoms with Gasteiger partial charge in [-0.2, -0.15) is 0 Å². The number of halogens is 2. The number of rotatable bonds is 5. The number of hydrogen-bond acceptors (Lipinski definition) is 5. The first-order valence-electron chi connectivity index (χ1n) is 9.22. The Morgan fingerprint density at radius 1 is 1.03 bits per heavy atom. The van der Waals surface area contributed by atoms with E-state index in [1.54, 1.807) is 42.6 Å². The third-order valence-electron chi connectivity index (χ3n) is 4.84. The normalized spacial score (nSPS) is 10.8. The van der Waals surface area contributed by atoms with Crippen LogP contribution >= 0.6 is 23.2 Å². The van der Waals surface area contributed by atoms with Gasteiger partial charge in [0.2, 0.25) is 5.78 Å². The number of nitrogens with two attached hydrogens (primary N) is 1. The minimum Gasteiger partial charge on any atom is -0.396 e. The van der Waals surface area contributed by atoms with E-state index in [1.807, 2.05) is 0 Å². The lowest BCUT2D eigenvalue weighted by Gasteiger charge is -2.08. The van der Waals surface area contributed by atoms with E-state index in [-0.39, 0.29) is 43.9 Å². The SMILES string of the molecule is Nc1c(C(=O)Nc2cccc(Cl)c2Cl)c2ccccn2c1C(=O)c1cccc([N+](=O)[O-])c1. The lowest BCUT2D eigenvalue weighted by Crippen LogP contribution is -2.14. The van der Waals surface area contributed by atoms with Crippen molar-refractivity contribution in [1.29, 1.82) is 0 Å². The molecule has 0 aliphatic rings. The summed E-state index contributed by atoms with van der Waals surface area (Å²) in [6, 6.07) is 15.1. The van der Waals surface area contributed by atoms with Crippen molar-refractivity contribution < 1.29 is 14.5 Å². The maximum Gasteiger partial charge on any atom is 0.270 e. The Kier molecular flexibility index (Phi) is 5.56. The van der Waals surface area contributed by atoms with Gasteiger partial charge in [-0.25, -0.2) is 0 Å². The Labute approximate surface area is 191 Å². The molecule has 0 atom stereocenters. The van der Waals surface area contributed by atoms with Crippen LogP contribution in [0.1, 0.15) is 26.4 Å². The summed E-state index contributed by atoms with van der Waals surface area (Å²) >= 11 is 12.2. The number of benzene rings is 2. The first-order valence-corrected chi connectivity index (χ1v) is 9.98. The first-order chi connectivity index (χ1) is 15.3. The molecule has 160 valence electrons. The third-order valence-corrected chi connectivity index (χ3v) is 5.66. The number of nitro groups is 1. The largest absolute Gasteiger partial charge is 0.396 e. The average Bonchev–Trinajstić information content (AvgIpc) is 3.08. The second-order valence-corrected chi connectivity index (χ2v) is 7.57.